The highest BCUT2D eigenvalue weighted by atomic mass is 32.1. The van der Waals surface area contributed by atoms with E-state index in [0.29, 0.717) is 54.3 Å². The van der Waals surface area contributed by atoms with Gasteiger partial charge in [-0.1, -0.05) is 48.5 Å². The Morgan fingerprint density at radius 2 is 0.872 bits per heavy atom. The second-order valence-electron chi connectivity index (χ2n) is 8.94. The highest BCUT2D eigenvalue weighted by Crippen LogP contribution is 2.41. The normalized spacial score (nSPS) is 14.8. The van der Waals surface area contributed by atoms with Crippen LogP contribution in [0.2, 0.25) is 0 Å². The van der Waals surface area contributed by atoms with Crippen molar-refractivity contribution in [2.45, 2.75) is 0 Å². The highest BCUT2D eigenvalue weighted by molar-refractivity contribution is 7.27. The number of aromatic nitrogens is 4. The van der Waals surface area contributed by atoms with Crippen LogP contribution in [0.15, 0.2) is 59.7 Å². The van der Waals surface area contributed by atoms with Gasteiger partial charge in [-0.25, -0.2) is 9.97 Å². The van der Waals surface area contributed by atoms with Crippen molar-refractivity contribution in [2.75, 3.05) is 0 Å². The van der Waals surface area contributed by atoms with Gasteiger partial charge in [0.2, 0.25) is 0 Å². The Bertz CT molecular complexity index is 1990. The maximum absolute atomic E-state index is 12.9. The summed E-state index contributed by atoms with van der Waals surface area (Å²) in [6.07, 6.45) is 3.06. The second kappa shape index (κ2) is 7.96. The monoisotopic (exact) mass is 562 g/mol. The summed E-state index contributed by atoms with van der Waals surface area (Å²) in [5.74, 6) is -1.28. The zero-order chi connectivity index (χ0) is 26.4. The fourth-order valence-corrected chi connectivity index (χ4v) is 7.68. The van der Waals surface area contributed by atoms with Gasteiger partial charge in [0.05, 0.1) is 32.3 Å². The molecule has 39 heavy (non-hydrogen) atoms. The topological polar surface area (TPSA) is 120 Å². The minimum Gasteiger partial charge on any atom is -0.288 e. The van der Waals surface area contributed by atoms with E-state index >= 15 is 0 Å². The van der Waals surface area contributed by atoms with Crippen molar-refractivity contribution in [3.05, 3.63) is 91.9 Å². The van der Waals surface area contributed by atoms with Crippen LogP contribution in [0.3, 0.4) is 0 Å². The van der Waals surface area contributed by atoms with Crippen molar-refractivity contribution >= 4 is 101 Å². The van der Waals surface area contributed by atoms with E-state index < -0.39 is 0 Å². The molecule has 0 amide bonds. The minimum absolute atomic E-state index is 0.0756. The van der Waals surface area contributed by atoms with E-state index in [-0.39, 0.29) is 34.3 Å². The summed E-state index contributed by atoms with van der Waals surface area (Å²) in [7, 11) is 0. The number of benzene rings is 3. The van der Waals surface area contributed by atoms with E-state index in [1.54, 1.807) is 48.5 Å². The second-order valence-corrected chi connectivity index (χ2v) is 11.5. The Labute approximate surface area is 230 Å². The molecule has 0 atom stereocenters. The van der Waals surface area contributed by atoms with Gasteiger partial charge in [0.1, 0.15) is 32.1 Å². The summed E-state index contributed by atoms with van der Waals surface area (Å²) in [5.41, 5.74) is 4.05. The molecule has 3 aromatic heterocycles. The molecule has 6 aromatic rings. The number of allylic oxidation sites excluding steroid dienone is 2. The Balaban J connectivity index is 1.29. The quantitative estimate of drug-likeness (QED) is 0.191. The molecular formula is C28H10N4O4S3. The van der Waals surface area contributed by atoms with Gasteiger partial charge in [-0.15, -0.1) is 22.7 Å². The van der Waals surface area contributed by atoms with E-state index in [0.717, 1.165) is 21.1 Å². The number of Topliss-reactive ketones (excluding diaryl/α,β-unsaturated/α-hetero) is 4. The zero-order valence-corrected chi connectivity index (χ0v) is 21.9. The number of fused-ring (bicyclic) bond motifs is 8. The molecule has 8 rings (SSSR count). The molecule has 2 aliphatic rings. The van der Waals surface area contributed by atoms with Gasteiger partial charge in [-0.3, -0.25) is 19.2 Å². The van der Waals surface area contributed by atoms with E-state index in [1.807, 2.05) is 0 Å². The van der Waals surface area contributed by atoms with Gasteiger partial charge < -0.3 is 0 Å². The summed E-state index contributed by atoms with van der Waals surface area (Å²) in [4.78, 5) is 61.1. The van der Waals surface area contributed by atoms with Gasteiger partial charge in [0, 0.05) is 22.3 Å². The third kappa shape index (κ3) is 3.08. The molecule has 184 valence electrons. The molecule has 0 fully saturated rings. The van der Waals surface area contributed by atoms with E-state index in [9.17, 15) is 19.2 Å². The van der Waals surface area contributed by atoms with Crippen molar-refractivity contribution in [1.82, 2.24) is 18.7 Å². The zero-order valence-electron chi connectivity index (χ0n) is 19.4. The lowest BCUT2D eigenvalue weighted by atomic mass is 10.1. The van der Waals surface area contributed by atoms with Crippen molar-refractivity contribution in [3.8, 4) is 0 Å². The van der Waals surface area contributed by atoms with Gasteiger partial charge in [-0.05, 0) is 12.2 Å². The van der Waals surface area contributed by atoms with Crippen LogP contribution in [0, 0.1) is 0 Å². The van der Waals surface area contributed by atoms with Crippen LogP contribution < -0.4 is 0 Å². The van der Waals surface area contributed by atoms with Crippen LogP contribution >= 0.6 is 34.4 Å². The number of hydrogen-bond acceptors (Lipinski definition) is 11. The highest BCUT2D eigenvalue weighted by Gasteiger charge is 2.34. The molecule has 3 aromatic carbocycles. The molecule has 11 heteroatoms. The third-order valence-corrected chi connectivity index (χ3v) is 9.47. The molecule has 2 aliphatic carbocycles. The Kier molecular flexibility index (Phi) is 4.57. The van der Waals surface area contributed by atoms with Crippen LogP contribution in [-0.2, 0) is 0 Å². The lowest BCUT2D eigenvalue weighted by Gasteiger charge is -1.91. The maximum Gasteiger partial charge on any atom is 0.197 e. The van der Waals surface area contributed by atoms with Crippen LogP contribution in [0.4, 0.5) is 0 Å². The lowest BCUT2D eigenvalue weighted by molar-refractivity contribution is 0.0975. The molecule has 0 bridgehead atoms. The summed E-state index contributed by atoms with van der Waals surface area (Å²) < 4.78 is 10.4. The van der Waals surface area contributed by atoms with Crippen molar-refractivity contribution in [3.63, 3.8) is 0 Å². The number of ketones is 4. The first-order valence-corrected chi connectivity index (χ1v) is 14.0. The number of carbonyl (C=O) groups excluding carboxylic acids is 4. The molecule has 0 spiro atoms. The first kappa shape index (κ1) is 22.4. The first-order valence-electron chi connectivity index (χ1n) is 11.6. The van der Waals surface area contributed by atoms with Crippen molar-refractivity contribution in [2.24, 2.45) is 0 Å². The number of rotatable bonds is 2. The van der Waals surface area contributed by atoms with Crippen molar-refractivity contribution < 1.29 is 19.2 Å². The molecule has 0 saturated heterocycles. The van der Waals surface area contributed by atoms with E-state index in [1.165, 1.54) is 34.8 Å². The average molecular weight is 563 g/mol. The molecule has 0 saturated carbocycles. The molecule has 8 nitrogen and oxygen atoms in total. The predicted molar refractivity (Wildman–Crippen MR) is 150 cm³/mol. The predicted octanol–water partition coefficient (Wildman–Crippen LogP) is 5.84. The standard InChI is InChI=1S/C28H10N4O4S3/c33-23-11-5-1-2-6-12(11)24(34)15(23)9-17-29-21-19-20(32-39-31-19)22-28(27(21)37-17)38-18(30-22)10-16-25(35)13-7-3-4-8-14(13)26(16)36/h1-10H. The average Bonchev–Trinajstić information content (AvgIpc) is 3.76. The van der Waals surface area contributed by atoms with E-state index in [2.05, 4.69) is 8.75 Å². The molecule has 0 aliphatic heterocycles. The molecule has 3 heterocycles. The fourth-order valence-electron chi connectivity index (χ4n) is 4.98. The summed E-state index contributed by atoms with van der Waals surface area (Å²) >= 11 is 3.68. The van der Waals surface area contributed by atoms with Gasteiger partial charge in [0.25, 0.3) is 0 Å². The van der Waals surface area contributed by atoms with E-state index in [4.69, 9.17) is 9.97 Å². The Hall–Kier alpha value is -4.58. The SMILES string of the molecule is O=C1C(=Cc2nc3c4nsnc4c4nc(C=C5C(=O)c6ccccc6C5=O)sc4c3s2)C(=O)c2ccccc21. The molecular weight excluding hydrogens is 553 g/mol. The Morgan fingerprint density at radius 3 is 1.23 bits per heavy atom. The first-order chi connectivity index (χ1) is 19.0. The smallest absolute Gasteiger partial charge is 0.197 e. The van der Waals surface area contributed by atoms with Gasteiger partial charge in [0.15, 0.2) is 23.1 Å². The van der Waals surface area contributed by atoms with Crippen LogP contribution in [0.5, 0.6) is 0 Å². The summed E-state index contributed by atoms with van der Waals surface area (Å²) in [5, 5.41) is 0.974. The van der Waals surface area contributed by atoms with Gasteiger partial charge >= 0.3 is 0 Å². The maximum atomic E-state index is 12.9. The molecule has 0 radical (unpaired) electrons. The van der Waals surface area contributed by atoms with Crippen LogP contribution in [-0.4, -0.2) is 41.8 Å². The Morgan fingerprint density at radius 1 is 0.513 bits per heavy atom. The fraction of sp³-hybridized carbons (Fsp3) is 0. The van der Waals surface area contributed by atoms with Gasteiger partial charge in [-0.2, -0.15) is 8.75 Å². The summed E-state index contributed by atoms with van der Waals surface area (Å²) in [6.45, 7) is 0. The summed E-state index contributed by atoms with van der Waals surface area (Å²) in [6, 6.07) is 13.5. The van der Waals surface area contributed by atoms with Crippen LogP contribution in [0.1, 0.15) is 51.4 Å². The van der Waals surface area contributed by atoms with Crippen molar-refractivity contribution in [1.29, 1.82) is 0 Å². The molecule has 0 N–H and O–H groups in total. The third-order valence-electron chi connectivity index (χ3n) is 6.78. The number of carbonyl (C=O) groups is 4. The largest absolute Gasteiger partial charge is 0.288 e. The lowest BCUT2D eigenvalue weighted by Crippen LogP contribution is -2.00. The number of thiazole rings is 2. The molecule has 0 unspecified atom stereocenters. The number of hydrogen-bond donors (Lipinski definition) is 0. The van der Waals surface area contributed by atoms with Crippen LogP contribution in [0.25, 0.3) is 43.6 Å². The number of nitrogens with zero attached hydrogens (tertiary/aromatic N) is 4. The minimum atomic E-state index is -0.320.